The van der Waals surface area contributed by atoms with E-state index < -0.39 is 6.10 Å². The van der Waals surface area contributed by atoms with Crippen LogP contribution in [0.1, 0.15) is 0 Å². The molecule has 5 heteroatoms. The second-order valence-corrected chi connectivity index (χ2v) is 4.09. The third-order valence-electron chi connectivity index (χ3n) is 2.58. The third-order valence-corrected chi connectivity index (χ3v) is 2.58. The number of rotatable bonds is 5. The van der Waals surface area contributed by atoms with Crippen LogP contribution in [0, 0.1) is 0 Å². The highest BCUT2D eigenvalue weighted by atomic mass is 16.5. The number of hydrogen-bond acceptors (Lipinski definition) is 4. The normalized spacial score (nSPS) is 12.6. The van der Waals surface area contributed by atoms with Crippen molar-refractivity contribution in [2.24, 2.45) is 0 Å². The van der Waals surface area contributed by atoms with E-state index in [-0.39, 0.29) is 12.2 Å². The molecule has 0 aliphatic carbocycles. The molecule has 1 heterocycles. The van der Waals surface area contributed by atoms with Gasteiger partial charge in [0.1, 0.15) is 18.5 Å². The molecule has 0 radical (unpaired) electrons. The number of aromatic amines is 1. The van der Waals surface area contributed by atoms with Gasteiger partial charge >= 0.3 is 0 Å². The molecule has 2 rings (SSSR count). The van der Waals surface area contributed by atoms with E-state index in [1.165, 1.54) is 6.07 Å². The van der Waals surface area contributed by atoms with E-state index in [0.717, 1.165) is 10.9 Å². The van der Waals surface area contributed by atoms with Crippen molar-refractivity contribution in [3.05, 3.63) is 40.7 Å². The van der Waals surface area contributed by atoms with Gasteiger partial charge in [-0.25, -0.2) is 0 Å². The summed E-state index contributed by atoms with van der Waals surface area (Å²) >= 11 is 0. The van der Waals surface area contributed by atoms with Crippen LogP contribution in [0.25, 0.3) is 10.9 Å². The Balaban J connectivity index is 2.10. The number of fused-ring (bicyclic) bond motifs is 1. The maximum Gasteiger partial charge on any atom is 0.248 e. The summed E-state index contributed by atoms with van der Waals surface area (Å²) in [6.45, 7) is 0.719. The van der Waals surface area contributed by atoms with Gasteiger partial charge in [-0.2, -0.15) is 0 Å². The molecular formula is C13H16N2O3. The van der Waals surface area contributed by atoms with E-state index in [9.17, 15) is 9.90 Å². The van der Waals surface area contributed by atoms with Crippen LogP contribution in [-0.2, 0) is 0 Å². The SMILES string of the molecule is CNC[C@H](O)COc1ccc2[nH]c(=O)ccc2c1. The van der Waals surface area contributed by atoms with E-state index in [0.29, 0.717) is 12.3 Å². The first-order valence-electron chi connectivity index (χ1n) is 5.77. The van der Waals surface area contributed by atoms with Crippen LogP contribution in [0.4, 0.5) is 0 Å². The minimum atomic E-state index is -0.540. The van der Waals surface area contributed by atoms with Crippen LogP contribution in [0.3, 0.4) is 0 Å². The zero-order valence-corrected chi connectivity index (χ0v) is 10.1. The average Bonchev–Trinajstić information content (AvgIpc) is 2.36. The lowest BCUT2D eigenvalue weighted by molar-refractivity contribution is 0.108. The fraction of sp³-hybridized carbons (Fsp3) is 0.308. The van der Waals surface area contributed by atoms with Gasteiger partial charge in [0.15, 0.2) is 0 Å². The smallest absolute Gasteiger partial charge is 0.248 e. The Bertz CT molecular complexity index is 580. The fourth-order valence-corrected chi connectivity index (χ4v) is 1.71. The zero-order valence-electron chi connectivity index (χ0n) is 10.1. The summed E-state index contributed by atoms with van der Waals surface area (Å²) in [6.07, 6.45) is -0.540. The number of aliphatic hydroxyl groups excluding tert-OH is 1. The molecule has 96 valence electrons. The van der Waals surface area contributed by atoms with Crippen LogP contribution < -0.4 is 15.6 Å². The van der Waals surface area contributed by atoms with Crippen molar-refractivity contribution in [3.8, 4) is 5.75 Å². The summed E-state index contributed by atoms with van der Waals surface area (Å²) < 4.78 is 5.48. The largest absolute Gasteiger partial charge is 0.491 e. The van der Waals surface area contributed by atoms with Crippen molar-refractivity contribution in [2.75, 3.05) is 20.2 Å². The first-order valence-corrected chi connectivity index (χ1v) is 5.77. The molecule has 0 spiro atoms. The second kappa shape index (κ2) is 5.66. The van der Waals surface area contributed by atoms with Crippen molar-refractivity contribution in [1.29, 1.82) is 0 Å². The van der Waals surface area contributed by atoms with Gasteiger partial charge in [-0.05, 0) is 31.3 Å². The lowest BCUT2D eigenvalue weighted by atomic mass is 10.2. The second-order valence-electron chi connectivity index (χ2n) is 4.09. The summed E-state index contributed by atoms with van der Waals surface area (Å²) in [7, 11) is 1.77. The molecule has 1 atom stereocenters. The van der Waals surface area contributed by atoms with Crippen LogP contribution in [0.5, 0.6) is 5.75 Å². The molecule has 0 fully saturated rings. The Morgan fingerprint density at radius 1 is 1.39 bits per heavy atom. The number of likely N-dealkylation sites (N-methyl/N-ethyl adjacent to an activating group) is 1. The molecule has 0 saturated carbocycles. The molecule has 0 amide bonds. The molecule has 0 saturated heterocycles. The van der Waals surface area contributed by atoms with Crippen molar-refractivity contribution in [2.45, 2.75) is 6.10 Å². The van der Waals surface area contributed by atoms with Gasteiger partial charge in [0.05, 0.1) is 0 Å². The summed E-state index contributed by atoms with van der Waals surface area (Å²) in [6, 6.07) is 8.60. The minimum absolute atomic E-state index is 0.124. The van der Waals surface area contributed by atoms with Gasteiger partial charge in [0.2, 0.25) is 5.56 Å². The number of hydrogen-bond donors (Lipinski definition) is 3. The van der Waals surface area contributed by atoms with Crippen molar-refractivity contribution >= 4 is 10.9 Å². The van der Waals surface area contributed by atoms with Crippen LogP contribution in [-0.4, -0.2) is 36.4 Å². The number of benzene rings is 1. The molecule has 0 aliphatic rings. The summed E-state index contributed by atoms with van der Waals surface area (Å²) in [4.78, 5) is 13.9. The Labute approximate surface area is 104 Å². The predicted octanol–water partition coefficient (Wildman–Crippen LogP) is 0.487. The molecule has 1 aromatic carbocycles. The predicted molar refractivity (Wildman–Crippen MR) is 70.0 cm³/mol. The number of ether oxygens (including phenoxy) is 1. The third kappa shape index (κ3) is 3.09. The Morgan fingerprint density at radius 2 is 2.22 bits per heavy atom. The van der Waals surface area contributed by atoms with Gasteiger partial charge < -0.3 is 20.1 Å². The molecular weight excluding hydrogens is 232 g/mol. The summed E-state index contributed by atoms with van der Waals surface area (Å²) in [5.74, 6) is 0.671. The average molecular weight is 248 g/mol. The highest BCUT2D eigenvalue weighted by molar-refractivity contribution is 5.79. The summed E-state index contributed by atoms with van der Waals surface area (Å²) in [5.41, 5.74) is 0.645. The number of pyridine rings is 1. The monoisotopic (exact) mass is 248 g/mol. The molecule has 3 N–H and O–H groups in total. The van der Waals surface area contributed by atoms with Gasteiger partial charge in [0.25, 0.3) is 0 Å². The van der Waals surface area contributed by atoms with Crippen LogP contribution in [0.15, 0.2) is 35.1 Å². The van der Waals surface area contributed by atoms with Crippen molar-refractivity contribution in [3.63, 3.8) is 0 Å². The maximum absolute atomic E-state index is 11.1. The van der Waals surface area contributed by atoms with Crippen molar-refractivity contribution < 1.29 is 9.84 Å². The Kier molecular flexibility index (Phi) is 3.96. The van der Waals surface area contributed by atoms with Gasteiger partial charge in [0, 0.05) is 23.5 Å². The highest BCUT2D eigenvalue weighted by Gasteiger charge is 2.04. The number of aliphatic hydroxyl groups is 1. The minimum Gasteiger partial charge on any atom is -0.491 e. The first kappa shape index (κ1) is 12.6. The zero-order chi connectivity index (χ0) is 13.0. The molecule has 0 aliphatic heterocycles. The molecule has 0 bridgehead atoms. The molecule has 2 aromatic rings. The van der Waals surface area contributed by atoms with E-state index in [1.807, 2.05) is 6.07 Å². The molecule has 0 unspecified atom stereocenters. The van der Waals surface area contributed by atoms with Gasteiger partial charge in [-0.1, -0.05) is 0 Å². The molecule has 1 aromatic heterocycles. The lowest BCUT2D eigenvalue weighted by Crippen LogP contribution is -2.29. The fourth-order valence-electron chi connectivity index (χ4n) is 1.71. The van der Waals surface area contributed by atoms with Gasteiger partial charge in [-0.15, -0.1) is 0 Å². The lowest BCUT2D eigenvalue weighted by Gasteiger charge is -2.12. The van der Waals surface area contributed by atoms with Crippen LogP contribution in [0.2, 0.25) is 0 Å². The van der Waals surface area contributed by atoms with E-state index in [1.54, 1.807) is 25.2 Å². The number of aromatic nitrogens is 1. The van der Waals surface area contributed by atoms with Crippen LogP contribution >= 0.6 is 0 Å². The molecule has 18 heavy (non-hydrogen) atoms. The maximum atomic E-state index is 11.1. The first-order chi connectivity index (χ1) is 8.69. The topological polar surface area (TPSA) is 74.3 Å². The summed E-state index contributed by atoms with van der Waals surface area (Å²) in [5, 5.41) is 13.3. The quantitative estimate of drug-likeness (QED) is 0.720. The van der Waals surface area contributed by atoms with Crippen molar-refractivity contribution in [1.82, 2.24) is 10.3 Å². The standard InChI is InChI=1S/C13H16N2O3/c1-14-7-10(16)8-18-11-3-4-12-9(6-11)2-5-13(17)15-12/h2-6,10,14,16H,7-8H2,1H3,(H,15,17)/t10-/m0/s1. The number of nitrogens with one attached hydrogen (secondary N) is 2. The van der Waals surface area contributed by atoms with E-state index >= 15 is 0 Å². The highest BCUT2D eigenvalue weighted by Crippen LogP contribution is 2.18. The molecule has 5 nitrogen and oxygen atoms in total. The Morgan fingerprint density at radius 3 is 3.00 bits per heavy atom. The van der Waals surface area contributed by atoms with Gasteiger partial charge in [-0.3, -0.25) is 4.79 Å². The number of H-pyrrole nitrogens is 1. The van der Waals surface area contributed by atoms with E-state index in [4.69, 9.17) is 4.74 Å². The Hall–Kier alpha value is -1.85. The van der Waals surface area contributed by atoms with E-state index in [2.05, 4.69) is 10.3 Å².